The zero-order chi connectivity index (χ0) is 25.5. The standard InChI is InChI=1S/C27H22ClN5O2S2/c28-20-13-11-19(12-14-20)15-23-16-29-26(37-23)30-25(34)18-36-27-32-31-24(17-35-22-9-5-2-6-10-22)33(27)21-7-3-1-4-8-21/h1-14,16H,15,17-18H2,(H,29,30,34). The quantitative estimate of drug-likeness (QED) is 0.207. The first-order chi connectivity index (χ1) is 18.1. The number of anilines is 1. The van der Waals surface area contributed by atoms with Crippen molar-refractivity contribution in [3.05, 3.63) is 112 Å². The molecular weight excluding hydrogens is 526 g/mol. The van der Waals surface area contributed by atoms with Crippen LogP contribution in [0.4, 0.5) is 5.13 Å². The maximum Gasteiger partial charge on any atom is 0.236 e. The molecule has 2 aromatic heterocycles. The Morgan fingerprint density at radius 2 is 1.70 bits per heavy atom. The Hall–Kier alpha value is -3.66. The van der Waals surface area contributed by atoms with Gasteiger partial charge in [0.05, 0.1) is 5.75 Å². The van der Waals surface area contributed by atoms with Crippen molar-refractivity contribution in [1.82, 2.24) is 19.7 Å². The van der Waals surface area contributed by atoms with Gasteiger partial charge in [-0.2, -0.15) is 0 Å². The Balaban J connectivity index is 1.22. The molecule has 3 aromatic carbocycles. The molecule has 2 heterocycles. The number of amides is 1. The van der Waals surface area contributed by atoms with Gasteiger partial charge in [-0.15, -0.1) is 21.5 Å². The van der Waals surface area contributed by atoms with Crippen molar-refractivity contribution < 1.29 is 9.53 Å². The Bertz CT molecular complexity index is 1460. The van der Waals surface area contributed by atoms with Crippen molar-refractivity contribution in [2.24, 2.45) is 0 Å². The topological polar surface area (TPSA) is 81.9 Å². The van der Waals surface area contributed by atoms with Crippen LogP contribution in [0.2, 0.25) is 5.02 Å². The number of hydrogen-bond donors (Lipinski definition) is 1. The number of para-hydroxylation sites is 2. The molecule has 0 atom stereocenters. The lowest BCUT2D eigenvalue weighted by molar-refractivity contribution is -0.113. The lowest BCUT2D eigenvalue weighted by Crippen LogP contribution is -2.14. The molecule has 0 radical (unpaired) electrons. The van der Waals surface area contributed by atoms with Crippen LogP contribution >= 0.6 is 34.7 Å². The van der Waals surface area contributed by atoms with Gasteiger partial charge in [0.1, 0.15) is 12.4 Å². The fraction of sp³-hybridized carbons (Fsp3) is 0.111. The SMILES string of the molecule is O=C(CSc1nnc(COc2ccccc2)n1-c1ccccc1)Nc1ncc(Cc2ccc(Cl)cc2)s1. The molecule has 0 fully saturated rings. The zero-order valence-electron chi connectivity index (χ0n) is 19.6. The van der Waals surface area contributed by atoms with Crippen LogP contribution in [0.1, 0.15) is 16.3 Å². The van der Waals surface area contributed by atoms with E-state index in [4.69, 9.17) is 16.3 Å². The summed E-state index contributed by atoms with van der Waals surface area (Å²) in [6, 6.07) is 27.0. The largest absolute Gasteiger partial charge is 0.486 e. The van der Waals surface area contributed by atoms with E-state index in [1.54, 1.807) is 6.20 Å². The smallest absolute Gasteiger partial charge is 0.236 e. The number of aromatic nitrogens is 4. The first kappa shape index (κ1) is 25.0. The predicted molar refractivity (Wildman–Crippen MR) is 148 cm³/mol. The Labute approximate surface area is 227 Å². The molecule has 7 nitrogen and oxygen atoms in total. The lowest BCUT2D eigenvalue weighted by Gasteiger charge is -2.11. The van der Waals surface area contributed by atoms with Crippen molar-refractivity contribution in [2.75, 3.05) is 11.1 Å². The third-order valence-corrected chi connectivity index (χ3v) is 7.34. The summed E-state index contributed by atoms with van der Waals surface area (Å²) in [6.45, 7) is 0.244. The van der Waals surface area contributed by atoms with E-state index in [1.165, 1.54) is 23.1 Å². The van der Waals surface area contributed by atoms with Gasteiger partial charge in [0.25, 0.3) is 0 Å². The number of thioether (sulfide) groups is 1. The van der Waals surface area contributed by atoms with Crippen LogP contribution in [0.25, 0.3) is 5.69 Å². The first-order valence-electron chi connectivity index (χ1n) is 11.4. The summed E-state index contributed by atoms with van der Waals surface area (Å²) < 4.78 is 7.81. The highest BCUT2D eigenvalue weighted by atomic mass is 35.5. The average Bonchev–Trinajstić information content (AvgIpc) is 3.55. The predicted octanol–water partition coefficient (Wildman–Crippen LogP) is 6.28. The molecule has 0 saturated carbocycles. The fourth-order valence-electron chi connectivity index (χ4n) is 3.52. The number of benzene rings is 3. The van der Waals surface area contributed by atoms with E-state index in [-0.39, 0.29) is 18.3 Å². The third-order valence-electron chi connectivity index (χ3n) is 5.25. The highest BCUT2D eigenvalue weighted by Crippen LogP contribution is 2.25. The van der Waals surface area contributed by atoms with Crippen LogP contribution in [-0.4, -0.2) is 31.4 Å². The Morgan fingerprint density at radius 3 is 2.46 bits per heavy atom. The number of halogens is 1. The van der Waals surface area contributed by atoms with Gasteiger partial charge in [0.15, 0.2) is 16.1 Å². The molecule has 0 aliphatic heterocycles. The minimum Gasteiger partial charge on any atom is -0.486 e. The summed E-state index contributed by atoms with van der Waals surface area (Å²) in [5.41, 5.74) is 2.03. The van der Waals surface area contributed by atoms with Gasteiger partial charge >= 0.3 is 0 Å². The summed E-state index contributed by atoms with van der Waals surface area (Å²) in [4.78, 5) is 18.1. The second kappa shape index (κ2) is 12.1. The number of carbonyl (C=O) groups excluding carboxylic acids is 1. The highest BCUT2D eigenvalue weighted by molar-refractivity contribution is 7.99. The maximum absolute atomic E-state index is 12.7. The second-order valence-electron chi connectivity index (χ2n) is 7.94. The van der Waals surface area contributed by atoms with Crippen LogP contribution in [-0.2, 0) is 17.8 Å². The molecule has 0 aliphatic rings. The van der Waals surface area contributed by atoms with Crippen molar-refractivity contribution in [1.29, 1.82) is 0 Å². The summed E-state index contributed by atoms with van der Waals surface area (Å²) in [6.07, 6.45) is 2.51. The average molecular weight is 548 g/mol. The number of ether oxygens (including phenoxy) is 1. The normalized spacial score (nSPS) is 10.8. The van der Waals surface area contributed by atoms with Crippen LogP contribution in [0, 0.1) is 0 Å². The Morgan fingerprint density at radius 1 is 0.973 bits per heavy atom. The number of nitrogens with one attached hydrogen (secondary N) is 1. The van der Waals surface area contributed by atoms with Gasteiger partial charge in [0, 0.05) is 28.2 Å². The lowest BCUT2D eigenvalue weighted by atomic mass is 10.1. The van der Waals surface area contributed by atoms with Crippen LogP contribution in [0.15, 0.2) is 96.3 Å². The van der Waals surface area contributed by atoms with E-state index < -0.39 is 0 Å². The van der Waals surface area contributed by atoms with Crippen molar-refractivity contribution in [2.45, 2.75) is 18.2 Å². The Kier molecular flexibility index (Phi) is 8.15. The summed E-state index contributed by atoms with van der Waals surface area (Å²) in [5, 5.41) is 13.4. The van der Waals surface area contributed by atoms with Crippen LogP contribution in [0.5, 0.6) is 5.75 Å². The van der Waals surface area contributed by atoms with Gasteiger partial charge < -0.3 is 10.1 Å². The molecule has 186 valence electrons. The summed E-state index contributed by atoms with van der Waals surface area (Å²) in [5.74, 6) is 1.39. The summed E-state index contributed by atoms with van der Waals surface area (Å²) in [7, 11) is 0. The van der Waals surface area contributed by atoms with E-state index in [0.717, 1.165) is 28.3 Å². The van der Waals surface area contributed by atoms with Crippen molar-refractivity contribution in [3.63, 3.8) is 0 Å². The van der Waals surface area contributed by atoms with E-state index in [2.05, 4.69) is 20.5 Å². The minimum atomic E-state index is -0.165. The fourth-order valence-corrected chi connectivity index (χ4v) is 5.28. The first-order valence-corrected chi connectivity index (χ1v) is 13.6. The molecule has 0 unspecified atom stereocenters. The van der Waals surface area contributed by atoms with E-state index in [9.17, 15) is 4.79 Å². The van der Waals surface area contributed by atoms with Gasteiger partial charge in [-0.3, -0.25) is 9.36 Å². The molecule has 37 heavy (non-hydrogen) atoms. The molecular formula is C27H22ClN5O2S2. The molecule has 5 aromatic rings. The molecule has 1 N–H and O–H groups in total. The van der Waals surface area contributed by atoms with E-state index >= 15 is 0 Å². The summed E-state index contributed by atoms with van der Waals surface area (Å²) >= 11 is 8.73. The van der Waals surface area contributed by atoms with Crippen LogP contribution in [0.3, 0.4) is 0 Å². The van der Waals surface area contributed by atoms with Gasteiger partial charge in [-0.25, -0.2) is 4.98 Å². The van der Waals surface area contributed by atoms with E-state index in [0.29, 0.717) is 21.1 Å². The minimum absolute atomic E-state index is 0.163. The second-order valence-corrected chi connectivity index (χ2v) is 10.4. The molecule has 5 rings (SSSR count). The molecule has 1 amide bonds. The number of nitrogens with zero attached hydrogens (tertiary/aromatic N) is 4. The van der Waals surface area contributed by atoms with Crippen molar-refractivity contribution in [3.8, 4) is 11.4 Å². The van der Waals surface area contributed by atoms with Gasteiger partial charge in [-0.1, -0.05) is 71.9 Å². The molecule has 0 aliphatic carbocycles. The van der Waals surface area contributed by atoms with Gasteiger partial charge in [0.2, 0.25) is 5.91 Å². The number of hydrogen-bond acceptors (Lipinski definition) is 7. The monoisotopic (exact) mass is 547 g/mol. The maximum atomic E-state index is 12.7. The highest BCUT2D eigenvalue weighted by Gasteiger charge is 2.17. The molecule has 0 spiro atoms. The molecule has 0 saturated heterocycles. The van der Waals surface area contributed by atoms with E-state index in [1.807, 2.05) is 89.5 Å². The number of rotatable bonds is 10. The molecule has 10 heteroatoms. The van der Waals surface area contributed by atoms with Crippen molar-refractivity contribution >= 4 is 45.7 Å². The number of carbonyl (C=O) groups is 1. The van der Waals surface area contributed by atoms with Crippen LogP contribution < -0.4 is 10.1 Å². The zero-order valence-corrected chi connectivity index (χ0v) is 22.0. The third kappa shape index (κ3) is 6.76. The van der Waals surface area contributed by atoms with Gasteiger partial charge in [-0.05, 0) is 42.0 Å². The number of thiazole rings is 1. The molecule has 0 bridgehead atoms.